The summed E-state index contributed by atoms with van der Waals surface area (Å²) in [6.07, 6.45) is 7.51. The van der Waals surface area contributed by atoms with Crippen LogP contribution in [-0.4, -0.2) is 99.0 Å². The lowest BCUT2D eigenvalue weighted by atomic mass is 9.95. The second-order valence-electron chi connectivity index (χ2n) is 13.0. The number of anilines is 1. The predicted octanol–water partition coefficient (Wildman–Crippen LogP) is 4.86. The molecule has 3 fully saturated rings. The van der Waals surface area contributed by atoms with Gasteiger partial charge in [-0.15, -0.1) is 0 Å². The van der Waals surface area contributed by atoms with Gasteiger partial charge in [-0.2, -0.15) is 15.1 Å². The summed E-state index contributed by atoms with van der Waals surface area (Å²) in [6.45, 7) is 3.00. The first-order chi connectivity index (χ1) is 21.9. The maximum atomic E-state index is 17.0. The van der Waals surface area contributed by atoms with Gasteiger partial charge in [0.25, 0.3) is 0 Å². The summed E-state index contributed by atoms with van der Waals surface area (Å²) < 4.78 is 44.0. The summed E-state index contributed by atoms with van der Waals surface area (Å²) in [5.41, 5.74) is 1.88. The molecule has 8 heterocycles. The largest absolute Gasteiger partial charge is 0.461 e. The number of H-pyrrole nitrogens is 1. The fourth-order valence-electron chi connectivity index (χ4n) is 8.03. The molecule has 0 spiro atoms. The average molecular weight is 640 g/mol. The van der Waals surface area contributed by atoms with E-state index in [1.807, 2.05) is 6.07 Å². The Balaban J connectivity index is 1.30. The third-order valence-corrected chi connectivity index (χ3v) is 10.6. The molecule has 13 heteroatoms. The van der Waals surface area contributed by atoms with Crippen molar-refractivity contribution in [3.05, 3.63) is 34.9 Å². The second-order valence-corrected chi connectivity index (χ2v) is 13.4. The van der Waals surface area contributed by atoms with Gasteiger partial charge in [0.15, 0.2) is 5.82 Å². The summed E-state index contributed by atoms with van der Waals surface area (Å²) >= 11 is 6.80. The highest BCUT2D eigenvalue weighted by molar-refractivity contribution is 6.33. The number of nitrogens with zero attached hydrogens (tertiary/aromatic N) is 6. The Bertz CT molecular complexity index is 1760. The molecule has 0 amide bonds. The minimum absolute atomic E-state index is 0.0123. The molecular weight excluding hydrogens is 604 g/mol. The molecule has 45 heavy (non-hydrogen) atoms. The summed E-state index contributed by atoms with van der Waals surface area (Å²) in [6, 6.07) is 1.78. The number of benzene rings is 1. The minimum atomic E-state index is -0.900. The van der Waals surface area contributed by atoms with E-state index in [-0.39, 0.29) is 42.4 Å². The lowest BCUT2D eigenvalue weighted by Gasteiger charge is -2.31. The summed E-state index contributed by atoms with van der Waals surface area (Å²) in [5, 5.41) is 18.9. The van der Waals surface area contributed by atoms with E-state index in [9.17, 15) is 9.50 Å². The number of aliphatic hydroxyl groups is 1. The van der Waals surface area contributed by atoms with Crippen LogP contribution in [0.4, 0.5) is 14.6 Å². The van der Waals surface area contributed by atoms with E-state index in [2.05, 4.69) is 25.0 Å². The molecule has 9 rings (SSSR count). The van der Waals surface area contributed by atoms with Crippen LogP contribution < -0.4 is 9.64 Å². The van der Waals surface area contributed by atoms with Gasteiger partial charge in [-0.1, -0.05) is 11.6 Å². The number of nitrogens with one attached hydrogen (secondary N) is 1. The zero-order valence-electron chi connectivity index (χ0n) is 24.9. The number of aliphatic hydroxyl groups excluding tert-OH is 1. The maximum Gasteiger partial charge on any atom is 0.319 e. The Hall–Kier alpha value is -3.19. The molecule has 2 N–H and O–H groups in total. The number of pyridine rings is 1. The van der Waals surface area contributed by atoms with Crippen molar-refractivity contribution >= 4 is 39.2 Å². The van der Waals surface area contributed by atoms with E-state index in [0.717, 1.165) is 43.2 Å². The molecule has 4 bridgehead atoms. The number of fused-ring (bicyclic) bond motifs is 8. The Kier molecular flexibility index (Phi) is 7.51. The van der Waals surface area contributed by atoms with Crippen LogP contribution in [0.1, 0.15) is 44.1 Å². The number of alkyl halides is 1. The molecule has 1 unspecified atom stereocenters. The normalized spacial score (nSPS) is 27.2. The van der Waals surface area contributed by atoms with Crippen LogP contribution in [0.3, 0.4) is 0 Å². The van der Waals surface area contributed by atoms with Gasteiger partial charge < -0.3 is 19.5 Å². The average Bonchev–Trinajstić information content (AvgIpc) is 3.81. The standard InChI is InChI=1S/C32H36ClF2N7O3/c33-24-9-25-22(12-37-40-25)26-21(24)4-1-2-7-44-16-20-8-18(15-43)13-42(20)30-23-11-36-29(26)27(35)28(23)38-31(39-30)45-17-32-5-3-6-41(32)14-19(34)10-32/h9,11-12,18-20,43H,1-8,10,13-17H2,(H,37,40)/t18-,19+,20?,32-/m0/s1. The summed E-state index contributed by atoms with van der Waals surface area (Å²) in [7, 11) is 0. The predicted molar refractivity (Wildman–Crippen MR) is 166 cm³/mol. The van der Waals surface area contributed by atoms with Crippen LogP contribution in [0.25, 0.3) is 33.1 Å². The van der Waals surface area contributed by atoms with E-state index in [1.54, 1.807) is 12.4 Å². The van der Waals surface area contributed by atoms with Crippen molar-refractivity contribution in [3.63, 3.8) is 0 Å². The summed E-state index contributed by atoms with van der Waals surface area (Å²) in [4.78, 5) is 18.4. The van der Waals surface area contributed by atoms with E-state index in [1.165, 1.54) is 0 Å². The van der Waals surface area contributed by atoms with Crippen molar-refractivity contribution in [2.75, 3.05) is 51.0 Å². The Morgan fingerprint density at radius 1 is 1.18 bits per heavy atom. The number of ether oxygens (including phenoxy) is 2. The van der Waals surface area contributed by atoms with E-state index >= 15 is 4.39 Å². The number of rotatable bonds is 4. The van der Waals surface area contributed by atoms with Gasteiger partial charge in [-0.05, 0) is 56.7 Å². The van der Waals surface area contributed by atoms with E-state index < -0.39 is 17.5 Å². The molecule has 0 saturated carbocycles. The molecular formula is C32H36ClF2N7O3. The van der Waals surface area contributed by atoms with Gasteiger partial charge >= 0.3 is 6.01 Å². The zero-order chi connectivity index (χ0) is 30.7. The number of hydrogen-bond acceptors (Lipinski definition) is 9. The fourth-order valence-corrected chi connectivity index (χ4v) is 8.33. The summed E-state index contributed by atoms with van der Waals surface area (Å²) in [5.74, 6) is -0.0982. The molecule has 1 aromatic carbocycles. The van der Waals surface area contributed by atoms with Gasteiger partial charge in [-0.25, -0.2) is 8.78 Å². The molecule has 5 aliphatic heterocycles. The SMILES string of the molecule is OC[C@H]1CC2COCCCCc3c(Cl)cc4[nH]ncc4c3-c3ncc4c(nc(OC[C@@]56CCCN5C[C@H](F)C6)nc4c3F)N2C1. The number of hydrogen-bond donors (Lipinski definition) is 2. The molecule has 238 valence electrons. The van der Waals surface area contributed by atoms with Crippen molar-refractivity contribution in [3.8, 4) is 17.3 Å². The molecule has 5 aliphatic rings. The molecule has 3 aromatic heterocycles. The van der Waals surface area contributed by atoms with Gasteiger partial charge in [0.2, 0.25) is 0 Å². The molecule has 0 aliphatic carbocycles. The van der Waals surface area contributed by atoms with Crippen LogP contribution in [0.15, 0.2) is 18.5 Å². The monoisotopic (exact) mass is 639 g/mol. The minimum Gasteiger partial charge on any atom is -0.461 e. The number of aromatic nitrogens is 5. The molecule has 4 atom stereocenters. The van der Waals surface area contributed by atoms with Crippen molar-refractivity contribution in [2.45, 2.75) is 62.7 Å². The van der Waals surface area contributed by atoms with Crippen LogP contribution in [0, 0.1) is 11.7 Å². The lowest BCUT2D eigenvalue weighted by Crippen LogP contribution is -2.43. The third-order valence-electron chi connectivity index (χ3n) is 10.2. The van der Waals surface area contributed by atoms with Crippen LogP contribution in [0.2, 0.25) is 5.02 Å². The van der Waals surface area contributed by atoms with E-state index in [4.69, 9.17) is 31.0 Å². The van der Waals surface area contributed by atoms with Gasteiger partial charge in [0.1, 0.15) is 29.8 Å². The number of halogens is 3. The van der Waals surface area contributed by atoms with Gasteiger partial charge in [-0.3, -0.25) is 15.0 Å². The molecule has 3 saturated heterocycles. The van der Waals surface area contributed by atoms with Crippen LogP contribution in [-0.2, 0) is 11.2 Å². The quantitative estimate of drug-likeness (QED) is 0.323. The van der Waals surface area contributed by atoms with Crippen molar-refractivity contribution in [2.24, 2.45) is 5.92 Å². The highest BCUT2D eigenvalue weighted by atomic mass is 35.5. The Labute approximate surface area is 264 Å². The first kappa shape index (κ1) is 29.2. The third kappa shape index (κ3) is 5.01. The zero-order valence-corrected chi connectivity index (χ0v) is 25.7. The van der Waals surface area contributed by atoms with E-state index in [0.29, 0.717) is 72.9 Å². The van der Waals surface area contributed by atoms with Gasteiger partial charge in [0.05, 0.1) is 35.3 Å². The van der Waals surface area contributed by atoms with Crippen LogP contribution >= 0.6 is 11.6 Å². The van der Waals surface area contributed by atoms with Gasteiger partial charge in [0, 0.05) is 60.8 Å². The topological polar surface area (TPSA) is 113 Å². The lowest BCUT2D eigenvalue weighted by molar-refractivity contribution is 0.107. The maximum absolute atomic E-state index is 17.0. The Morgan fingerprint density at radius 2 is 2.09 bits per heavy atom. The smallest absolute Gasteiger partial charge is 0.319 e. The Morgan fingerprint density at radius 3 is 2.98 bits per heavy atom. The first-order valence-corrected chi connectivity index (χ1v) is 16.3. The molecule has 10 nitrogen and oxygen atoms in total. The second kappa shape index (κ2) is 11.6. The van der Waals surface area contributed by atoms with Crippen molar-refractivity contribution < 1.29 is 23.4 Å². The number of aromatic amines is 1. The van der Waals surface area contributed by atoms with Crippen molar-refractivity contribution in [1.29, 1.82) is 0 Å². The highest BCUT2D eigenvalue weighted by Gasteiger charge is 2.49. The first-order valence-electron chi connectivity index (χ1n) is 15.9. The van der Waals surface area contributed by atoms with Crippen LogP contribution in [0.5, 0.6) is 6.01 Å². The highest BCUT2D eigenvalue weighted by Crippen LogP contribution is 2.43. The molecule has 0 radical (unpaired) electrons. The van der Waals surface area contributed by atoms with Crippen molar-refractivity contribution in [1.82, 2.24) is 30.0 Å². The fraction of sp³-hybridized carbons (Fsp3) is 0.562. The molecule has 4 aromatic rings.